The van der Waals surface area contributed by atoms with E-state index >= 15 is 0 Å². The van der Waals surface area contributed by atoms with Crippen molar-refractivity contribution in [3.8, 4) is 16.9 Å². The quantitative estimate of drug-likeness (QED) is 0.305. The summed E-state index contributed by atoms with van der Waals surface area (Å²) in [4.78, 5) is 17.3. The highest BCUT2D eigenvalue weighted by Gasteiger charge is 2.32. The molecule has 0 amide bonds. The van der Waals surface area contributed by atoms with E-state index in [-0.39, 0.29) is 6.54 Å². The van der Waals surface area contributed by atoms with Crippen LogP contribution >= 0.6 is 0 Å². The molecule has 1 atom stereocenters. The first-order valence-electron chi connectivity index (χ1n) is 11.9. The van der Waals surface area contributed by atoms with Gasteiger partial charge in [-0.25, -0.2) is 18.6 Å². The number of aliphatic carboxylic acids is 1. The van der Waals surface area contributed by atoms with Gasteiger partial charge in [0, 0.05) is 34.9 Å². The molecule has 8 heteroatoms. The van der Waals surface area contributed by atoms with Gasteiger partial charge in [0.2, 0.25) is 0 Å². The van der Waals surface area contributed by atoms with E-state index in [0.717, 1.165) is 28.6 Å². The fraction of sp³-hybridized carbons (Fsp3) is 0.310. The van der Waals surface area contributed by atoms with Crippen LogP contribution in [0.3, 0.4) is 0 Å². The number of aromatic nitrogens is 2. The summed E-state index contributed by atoms with van der Waals surface area (Å²) in [6.45, 7) is 9.35. The fourth-order valence-electron chi connectivity index (χ4n) is 4.54. The molecule has 1 N–H and O–H groups in total. The molecule has 0 aliphatic rings. The maximum Gasteiger partial charge on any atom is 0.337 e. The number of halogens is 2. The Balaban J connectivity index is 1.98. The van der Waals surface area contributed by atoms with Crippen molar-refractivity contribution in [2.45, 2.75) is 52.9 Å². The zero-order chi connectivity index (χ0) is 27.1. The fourth-order valence-corrected chi connectivity index (χ4v) is 4.54. The second-order valence-electron chi connectivity index (χ2n) is 10.0. The highest BCUT2D eigenvalue weighted by Crippen LogP contribution is 2.41. The number of methoxy groups -OCH3 is 1. The Hall–Kier alpha value is -3.78. The smallest absolute Gasteiger partial charge is 0.337 e. The molecule has 37 heavy (non-hydrogen) atoms. The number of aryl methyl sites for hydroxylation is 2. The van der Waals surface area contributed by atoms with Crippen LogP contribution in [0.1, 0.15) is 49.3 Å². The minimum absolute atomic E-state index is 0.258. The van der Waals surface area contributed by atoms with Crippen molar-refractivity contribution in [3.05, 3.63) is 82.7 Å². The number of hydrogen-bond acceptors (Lipinski definition) is 4. The minimum atomic E-state index is -1.26. The van der Waals surface area contributed by atoms with Crippen LogP contribution in [0.15, 0.2) is 48.7 Å². The molecule has 2 aromatic carbocycles. The van der Waals surface area contributed by atoms with Crippen molar-refractivity contribution < 1.29 is 28.2 Å². The van der Waals surface area contributed by atoms with Crippen molar-refractivity contribution >= 4 is 17.0 Å². The second kappa shape index (κ2) is 9.94. The van der Waals surface area contributed by atoms with Crippen LogP contribution in [0.5, 0.6) is 5.75 Å². The third-order valence-corrected chi connectivity index (χ3v) is 6.11. The minimum Gasteiger partial charge on any atom is -0.496 e. The number of ether oxygens (including phenoxy) is 2. The van der Waals surface area contributed by atoms with Crippen molar-refractivity contribution in [2.75, 3.05) is 7.11 Å². The van der Waals surface area contributed by atoms with Gasteiger partial charge in [-0.05, 0) is 81.6 Å². The van der Waals surface area contributed by atoms with Crippen LogP contribution in [-0.2, 0) is 16.1 Å². The van der Waals surface area contributed by atoms with E-state index < -0.39 is 29.3 Å². The molecule has 0 spiro atoms. The summed E-state index contributed by atoms with van der Waals surface area (Å²) in [6, 6.07) is 11.3. The summed E-state index contributed by atoms with van der Waals surface area (Å²) in [5.74, 6) is -2.23. The second-order valence-corrected chi connectivity index (χ2v) is 10.0. The van der Waals surface area contributed by atoms with E-state index in [4.69, 9.17) is 14.5 Å². The van der Waals surface area contributed by atoms with E-state index in [1.54, 1.807) is 34.8 Å². The summed E-state index contributed by atoms with van der Waals surface area (Å²) in [6.07, 6.45) is 0.548. The summed E-state index contributed by atoms with van der Waals surface area (Å²) in [5.41, 5.74) is 3.76. The van der Waals surface area contributed by atoms with Crippen LogP contribution in [0.2, 0.25) is 0 Å². The molecule has 0 fully saturated rings. The van der Waals surface area contributed by atoms with Crippen LogP contribution in [0, 0.1) is 25.5 Å². The van der Waals surface area contributed by atoms with Gasteiger partial charge in [0.25, 0.3) is 0 Å². The predicted octanol–water partition coefficient (Wildman–Crippen LogP) is 6.60. The number of carboxylic acids is 1. The normalized spacial score (nSPS) is 12.6. The van der Waals surface area contributed by atoms with Gasteiger partial charge in [0.05, 0.1) is 12.7 Å². The zero-order valence-electron chi connectivity index (χ0n) is 21.7. The SMILES string of the molecule is COc1ccc(-c2c([C@H](OC(C)(C)C)C(=O)O)c(C)nc3c2ccn3Cc2ccc(F)c(F)c2)cc1C. The molecule has 0 bridgehead atoms. The molecule has 0 aliphatic heterocycles. The Morgan fingerprint density at radius 1 is 1.08 bits per heavy atom. The number of fused-ring (bicyclic) bond motifs is 1. The third kappa shape index (κ3) is 5.34. The zero-order valence-corrected chi connectivity index (χ0v) is 21.7. The maximum atomic E-state index is 13.8. The lowest BCUT2D eigenvalue weighted by Gasteiger charge is -2.28. The summed E-state index contributed by atoms with van der Waals surface area (Å²) in [7, 11) is 1.60. The molecule has 194 valence electrons. The molecule has 0 unspecified atom stereocenters. The Morgan fingerprint density at radius 3 is 2.41 bits per heavy atom. The van der Waals surface area contributed by atoms with Crippen LogP contribution < -0.4 is 4.74 Å². The molecule has 0 radical (unpaired) electrons. The number of pyridine rings is 1. The number of benzene rings is 2. The Morgan fingerprint density at radius 2 is 1.81 bits per heavy atom. The number of carboxylic acid groups (broad SMARTS) is 1. The number of nitrogens with zero attached hydrogens (tertiary/aromatic N) is 2. The van der Waals surface area contributed by atoms with Gasteiger partial charge in [-0.15, -0.1) is 0 Å². The van der Waals surface area contributed by atoms with E-state index in [0.29, 0.717) is 33.8 Å². The molecule has 4 rings (SSSR count). The summed E-state index contributed by atoms with van der Waals surface area (Å²) < 4.78 is 40.6. The molecular formula is C29H30F2N2O4. The predicted molar refractivity (Wildman–Crippen MR) is 138 cm³/mol. The lowest BCUT2D eigenvalue weighted by Crippen LogP contribution is -2.28. The van der Waals surface area contributed by atoms with Gasteiger partial charge in [0.15, 0.2) is 17.7 Å². The van der Waals surface area contributed by atoms with Crippen LogP contribution in [0.4, 0.5) is 8.78 Å². The molecule has 2 aromatic heterocycles. The number of rotatable bonds is 7. The third-order valence-electron chi connectivity index (χ3n) is 6.11. The van der Waals surface area contributed by atoms with Crippen molar-refractivity contribution in [2.24, 2.45) is 0 Å². The first kappa shape index (κ1) is 26.3. The average Bonchev–Trinajstić information content (AvgIpc) is 3.20. The summed E-state index contributed by atoms with van der Waals surface area (Å²) in [5, 5.41) is 10.9. The molecule has 0 aliphatic carbocycles. The maximum absolute atomic E-state index is 13.8. The van der Waals surface area contributed by atoms with Crippen LogP contribution in [-0.4, -0.2) is 33.3 Å². The standard InChI is InChI=1S/C29H30F2N2O4/c1-16-13-19(8-10-23(16)36-6)25-20-11-12-33(15-18-7-9-21(30)22(31)14-18)27(20)32-17(2)24(25)26(28(34)35)37-29(3,4)5/h7-14,26H,15H2,1-6H3,(H,34,35)/t26-/m0/s1. The molecule has 6 nitrogen and oxygen atoms in total. The number of hydrogen-bond donors (Lipinski definition) is 1. The van der Waals surface area contributed by atoms with Gasteiger partial charge in [-0.2, -0.15) is 0 Å². The molecule has 2 heterocycles. The van der Waals surface area contributed by atoms with Crippen LogP contribution in [0.25, 0.3) is 22.2 Å². The van der Waals surface area contributed by atoms with Crippen molar-refractivity contribution in [1.82, 2.24) is 9.55 Å². The lowest BCUT2D eigenvalue weighted by atomic mass is 9.91. The molecule has 4 aromatic rings. The summed E-state index contributed by atoms with van der Waals surface area (Å²) >= 11 is 0. The largest absolute Gasteiger partial charge is 0.496 e. The monoisotopic (exact) mass is 508 g/mol. The molecule has 0 saturated carbocycles. The molecule has 0 saturated heterocycles. The highest BCUT2D eigenvalue weighted by atomic mass is 19.2. The number of carbonyl (C=O) groups is 1. The van der Waals surface area contributed by atoms with Crippen molar-refractivity contribution in [3.63, 3.8) is 0 Å². The van der Waals surface area contributed by atoms with E-state index in [9.17, 15) is 18.7 Å². The van der Waals surface area contributed by atoms with E-state index in [1.165, 1.54) is 6.07 Å². The Bertz CT molecular complexity index is 1490. The average molecular weight is 509 g/mol. The first-order chi connectivity index (χ1) is 17.4. The van der Waals surface area contributed by atoms with E-state index in [2.05, 4.69) is 0 Å². The lowest BCUT2D eigenvalue weighted by molar-refractivity contribution is -0.160. The first-order valence-corrected chi connectivity index (χ1v) is 11.9. The molecular weight excluding hydrogens is 478 g/mol. The van der Waals surface area contributed by atoms with Gasteiger partial charge in [-0.1, -0.05) is 12.1 Å². The van der Waals surface area contributed by atoms with Gasteiger partial charge in [0.1, 0.15) is 11.4 Å². The van der Waals surface area contributed by atoms with Gasteiger partial charge < -0.3 is 19.1 Å². The van der Waals surface area contributed by atoms with Crippen molar-refractivity contribution in [1.29, 1.82) is 0 Å². The van der Waals surface area contributed by atoms with Gasteiger partial charge >= 0.3 is 5.97 Å². The topological polar surface area (TPSA) is 73.6 Å². The Kier molecular flexibility index (Phi) is 7.06. The van der Waals surface area contributed by atoms with E-state index in [1.807, 2.05) is 42.0 Å². The van der Waals surface area contributed by atoms with Gasteiger partial charge in [-0.3, -0.25) is 0 Å². The Labute approximate surface area is 214 Å². The highest BCUT2D eigenvalue weighted by molar-refractivity contribution is 5.98.